The molecule has 0 aromatic heterocycles. The van der Waals surface area contributed by atoms with Gasteiger partial charge in [0.25, 0.3) is 0 Å². The van der Waals surface area contributed by atoms with Crippen molar-refractivity contribution in [2.24, 2.45) is 0 Å². The highest BCUT2D eigenvalue weighted by Gasteiger charge is 2.17. The molecule has 1 fully saturated rings. The Labute approximate surface area is 123 Å². The van der Waals surface area contributed by atoms with Crippen LogP contribution in [0.15, 0.2) is 16.6 Å². The maximum Gasteiger partial charge on any atom is 0.239 e. The molecule has 0 spiro atoms. The summed E-state index contributed by atoms with van der Waals surface area (Å²) < 4.78 is 1.07. The Hall–Kier alpha value is -1.03. The molecule has 2 N–H and O–H groups in total. The van der Waals surface area contributed by atoms with Crippen LogP contribution in [0, 0.1) is 13.8 Å². The Balaban J connectivity index is 1.89. The molecule has 1 aromatic carbocycles. The van der Waals surface area contributed by atoms with Crippen LogP contribution in [0.4, 0.5) is 5.69 Å². The average Bonchev–Trinajstić information content (AvgIpc) is 2.80. The number of halogens is 1. The van der Waals surface area contributed by atoms with Crippen molar-refractivity contribution < 1.29 is 4.79 Å². The van der Waals surface area contributed by atoms with Crippen molar-refractivity contribution in [3.05, 3.63) is 27.7 Å². The van der Waals surface area contributed by atoms with Crippen molar-refractivity contribution in [2.45, 2.75) is 45.6 Å². The minimum Gasteiger partial charge on any atom is -0.376 e. The van der Waals surface area contributed by atoms with E-state index in [1.807, 2.05) is 0 Å². The molecule has 3 nitrogen and oxygen atoms in total. The van der Waals surface area contributed by atoms with Gasteiger partial charge in [0, 0.05) is 16.2 Å². The number of benzene rings is 1. The summed E-state index contributed by atoms with van der Waals surface area (Å²) in [7, 11) is 0. The van der Waals surface area contributed by atoms with Gasteiger partial charge in [-0.05, 0) is 49.9 Å². The number of anilines is 1. The fourth-order valence-corrected chi connectivity index (χ4v) is 3.39. The van der Waals surface area contributed by atoms with Crippen LogP contribution in [-0.2, 0) is 4.79 Å². The van der Waals surface area contributed by atoms with E-state index < -0.39 is 0 Å². The summed E-state index contributed by atoms with van der Waals surface area (Å²) in [5.41, 5.74) is 3.37. The van der Waals surface area contributed by atoms with Gasteiger partial charge in [-0.3, -0.25) is 4.79 Å². The van der Waals surface area contributed by atoms with Gasteiger partial charge < -0.3 is 10.6 Å². The van der Waals surface area contributed by atoms with Gasteiger partial charge >= 0.3 is 0 Å². The maximum absolute atomic E-state index is 11.9. The van der Waals surface area contributed by atoms with Crippen molar-refractivity contribution in [1.82, 2.24) is 5.32 Å². The zero-order chi connectivity index (χ0) is 13.8. The number of hydrogen-bond donors (Lipinski definition) is 2. The van der Waals surface area contributed by atoms with Crippen LogP contribution in [-0.4, -0.2) is 18.5 Å². The van der Waals surface area contributed by atoms with E-state index in [1.165, 1.54) is 12.8 Å². The Bertz CT molecular complexity index is 444. The van der Waals surface area contributed by atoms with Gasteiger partial charge in [-0.1, -0.05) is 28.8 Å². The summed E-state index contributed by atoms with van der Waals surface area (Å²) in [6.07, 6.45) is 4.73. The highest BCUT2D eigenvalue weighted by molar-refractivity contribution is 9.10. The molecule has 4 heteroatoms. The van der Waals surface area contributed by atoms with Gasteiger partial charge in [0.2, 0.25) is 5.91 Å². The normalized spacial score (nSPS) is 15.5. The summed E-state index contributed by atoms with van der Waals surface area (Å²) in [5, 5.41) is 6.34. The van der Waals surface area contributed by atoms with Crippen LogP contribution >= 0.6 is 15.9 Å². The van der Waals surface area contributed by atoms with Crippen molar-refractivity contribution in [3.8, 4) is 0 Å². The van der Waals surface area contributed by atoms with E-state index in [-0.39, 0.29) is 5.91 Å². The highest BCUT2D eigenvalue weighted by Crippen LogP contribution is 2.24. The van der Waals surface area contributed by atoms with Gasteiger partial charge in [0.1, 0.15) is 0 Å². The molecule has 1 aromatic rings. The van der Waals surface area contributed by atoms with E-state index in [2.05, 4.69) is 52.5 Å². The van der Waals surface area contributed by atoms with Gasteiger partial charge in [-0.15, -0.1) is 0 Å². The Morgan fingerprint density at radius 1 is 1.26 bits per heavy atom. The third kappa shape index (κ3) is 3.96. The Morgan fingerprint density at radius 3 is 2.42 bits per heavy atom. The lowest BCUT2D eigenvalue weighted by Crippen LogP contribution is -2.36. The Kier molecular flexibility index (Phi) is 4.86. The lowest BCUT2D eigenvalue weighted by molar-refractivity contribution is -0.120. The first-order chi connectivity index (χ1) is 9.06. The quantitative estimate of drug-likeness (QED) is 0.889. The zero-order valence-electron chi connectivity index (χ0n) is 11.6. The summed E-state index contributed by atoms with van der Waals surface area (Å²) in [4.78, 5) is 11.9. The Morgan fingerprint density at radius 2 is 1.84 bits per heavy atom. The van der Waals surface area contributed by atoms with Crippen LogP contribution in [0.5, 0.6) is 0 Å². The molecule has 0 unspecified atom stereocenters. The molecule has 1 aliphatic rings. The molecule has 0 aliphatic heterocycles. The molecular weight excluding hydrogens is 304 g/mol. The first-order valence-electron chi connectivity index (χ1n) is 6.86. The fourth-order valence-electron chi connectivity index (χ4n) is 2.71. The van der Waals surface area contributed by atoms with E-state index in [1.54, 1.807) is 0 Å². The van der Waals surface area contributed by atoms with Crippen molar-refractivity contribution in [1.29, 1.82) is 0 Å². The molecule has 0 saturated heterocycles. The number of amides is 1. The third-order valence-electron chi connectivity index (χ3n) is 3.64. The smallest absolute Gasteiger partial charge is 0.239 e. The second kappa shape index (κ2) is 6.42. The number of aryl methyl sites for hydroxylation is 2. The van der Waals surface area contributed by atoms with E-state index in [0.29, 0.717) is 12.6 Å². The van der Waals surface area contributed by atoms with Crippen LogP contribution in [0.3, 0.4) is 0 Å². The van der Waals surface area contributed by atoms with Gasteiger partial charge in [-0.2, -0.15) is 0 Å². The molecule has 104 valence electrons. The number of hydrogen-bond acceptors (Lipinski definition) is 2. The van der Waals surface area contributed by atoms with Crippen LogP contribution < -0.4 is 10.6 Å². The largest absolute Gasteiger partial charge is 0.376 e. The predicted molar refractivity (Wildman–Crippen MR) is 82.5 cm³/mol. The monoisotopic (exact) mass is 324 g/mol. The molecule has 0 bridgehead atoms. The second-order valence-electron chi connectivity index (χ2n) is 5.32. The minimum atomic E-state index is 0.0913. The fraction of sp³-hybridized carbons (Fsp3) is 0.533. The SMILES string of the molecule is Cc1cc(Br)cc(C)c1NCC(=O)NC1CCCC1. The maximum atomic E-state index is 11.9. The lowest BCUT2D eigenvalue weighted by Gasteiger charge is -2.15. The first kappa shape index (κ1) is 14.4. The van der Waals surface area contributed by atoms with Crippen molar-refractivity contribution in [3.63, 3.8) is 0 Å². The lowest BCUT2D eigenvalue weighted by atomic mass is 10.1. The third-order valence-corrected chi connectivity index (χ3v) is 4.10. The predicted octanol–water partition coefficient (Wildman–Crippen LogP) is 3.54. The van der Waals surface area contributed by atoms with Crippen LogP contribution in [0.2, 0.25) is 0 Å². The molecule has 1 saturated carbocycles. The zero-order valence-corrected chi connectivity index (χ0v) is 13.1. The molecule has 1 amide bonds. The summed E-state index contributed by atoms with van der Waals surface area (Å²) in [5.74, 6) is 0.0913. The van der Waals surface area contributed by atoms with Gasteiger partial charge in [0.15, 0.2) is 0 Å². The molecule has 0 radical (unpaired) electrons. The number of carbonyl (C=O) groups excluding carboxylic acids is 1. The van der Waals surface area contributed by atoms with Crippen LogP contribution in [0.1, 0.15) is 36.8 Å². The van der Waals surface area contributed by atoms with Crippen LogP contribution in [0.25, 0.3) is 0 Å². The average molecular weight is 325 g/mol. The minimum absolute atomic E-state index is 0.0913. The summed E-state index contributed by atoms with van der Waals surface area (Å²) >= 11 is 3.48. The van der Waals surface area contributed by atoms with E-state index >= 15 is 0 Å². The van der Waals surface area contributed by atoms with Gasteiger partial charge in [0.05, 0.1) is 6.54 Å². The first-order valence-corrected chi connectivity index (χ1v) is 7.65. The summed E-state index contributed by atoms with van der Waals surface area (Å²) in [6.45, 7) is 4.45. The molecule has 19 heavy (non-hydrogen) atoms. The standard InChI is InChI=1S/C15H21BrN2O/c1-10-7-12(16)8-11(2)15(10)17-9-14(19)18-13-5-3-4-6-13/h7-8,13,17H,3-6,9H2,1-2H3,(H,18,19). The summed E-state index contributed by atoms with van der Waals surface area (Å²) in [6, 6.07) is 4.51. The highest BCUT2D eigenvalue weighted by atomic mass is 79.9. The number of rotatable bonds is 4. The van der Waals surface area contributed by atoms with Crippen molar-refractivity contribution in [2.75, 3.05) is 11.9 Å². The van der Waals surface area contributed by atoms with E-state index in [9.17, 15) is 4.79 Å². The second-order valence-corrected chi connectivity index (χ2v) is 6.23. The number of carbonyl (C=O) groups is 1. The van der Waals surface area contributed by atoms with E-state index in [4.69, 9.17) is 0 Å². The van der Waals surface area contributed by atoms with E-state index in [0.717, 1.165) is 34.1 Å². The number of nitrogens with one attached hydrogen (secondary N) is 2. The molecule has 2 rings (SSSR count). The topological polar surface area (TPSA) is 41.1 Å². The van der Waals surface area contributed by atoms with Crippen molar-refractivity contribution >= 4 is 27.5 Å². The molecular formula is C15H21BrN2O. The molecule has 0 heterocycles. The molecule has 1 aliphatic carbocycles. The van der Waals surface area contributed by atoms with Gasteiger partial charge in [-0.25, -0.2) is 0 Å². The molecule has 0 atom stereocenters.